The average molecular weight is 660 g/mol. The molecule has 0 unspecified atom stereocenters. The molecule has 17 heteroatoms. The number of carbonyl (C=O) groups is 1. The number of carbonyl (C=O) groups excluding carboxylic acids is 1. The van der Waals surface area contributed by atoms with E-state index in [2.05, 4.69) is 20.3 Å². The van der Waals surface area contributed by atoms with Gasteiger partial charge in [-0.1, -0.05) is 0 Å². The molecule has 1 fully saturated rings. The molecule has 0 bridgehead atoms. The number of anilines is 2. The van der Waals surface area contributed by atoms with Gasteiger partial charge in [0.05, 0.1) is 47.8 Å². The van der Waals surface area contributed by atoms with Gasteiger partial charge in [-0.25, -0.2) is 19.3 Å². The summed E-state index contributed by atoms with van der Waals surface area (Å²) >= 11 is 0. The second-order valence-corrected chi connectivity index (χ2v) is 12.1. The van der Waals surface area contributed by atoms with Gasteiger partial charge in [-0.15, -0.1) is 0 Å². The van der Waals surface area contributed by atoms with Crippen LogP contribution >= 0.6 is 0 Å². The second-order valence-electron chi connectivity index (χ2n) is 12.1. The molecule has 47 heavy (non-hydrogen) atoms. The minimum atomic E-state index is -5.04. The molecule has 13 nitrogen and oxygen atoms in total. The summed E-state index contributed by atoms with van der Waals surface area (Å²) in [4.78, 5) is 31.1. The number of fused-ring (bicyclic) bond motifs is 2. The zero-order valence-corrected chi connectivity index (χ0v) is 25.3. The quantitative estimate of drug-likeness (QED) is 0.235. The van der Waals surface area contributed by atoms with Gasteiger partial charge >= 0.3 is 12.4 Å². The molecule has 0 saturated heterocycles. The molecule has 1 saturated carbocycles. The first-order valence-corrected chi connectivity index (χ1v) is 14.1. The predicted molar refractivity (Wildman–Crippen MR) is 161 cm³/mol. The van der Waals surface area contributed by atoms with Crippen molar-refractivity contribution in [2.45, 2.75) is 57.7 Å². The van der Waals surface area contributed by atoms with Crippen molar-refractivity contribution >= 4 is 28.4 Å². The zero-order valence-electron chi connectivity index (χ0n) is 29.3. The molecule has 1 spiro atoms. The third-order valence-electron chi connectivity index (χ3n) is 7.66. The standard InChI is InChI=1S/C30H29F4N9O4/c1-28(2,3)47-27(45)41(4)25-22-14(19(11-36)39-40-26(22)44)8-18(38-25)16-12-37-42(5)23(16)21-15(10-35)24-20(9-17(21)31)43(30(32,33)34)13-29(46-24)6-7-29/h8-9,12H,6-7,11,13,36H2,1-5H3,(H,40,44)/i4D3,9D. The summed E-state index contributed by atoms with van der Waals surface area (Å²) in [7, 11) is 1.32. The van der Waals surface area contributed by atoms with Gasteiger partial charge in [0.15, 0.2) is 11.6 Å². The Morgan fingerprint density at radius 3 is 2.68 bits per heavy atom. The summed E-state index contributed by atoms with van der Waals surface area (Å²) in [6.45, 7) is 0.159. The van der Waals surface area contributed by atoms with Gasteiger partial charge in [-0.2, -0.15) is 28.6 Å². The lowest BCUT2D eigenvalue weighted by Gasteiger charge is -2.38. The number of aromatic nitrogens is 5. The number of nitriles is 1. The molecule has 0 atom stereocenters. The van der Waals surface area contributed by atoms with E-state index in [0.29, 0.717) is 0 Å². The Labute approximate surface area is 270 Å². The van der Waals surface area contributed by atoms with Gasteiger partial charge in [0.25, 0.3) is 5.56 Å². The number of hydrogen-bond acceptors (Lipinski definition) is 10. The number of H-pyrrole nitrogens is 1. The van der Waals surface area contributed by atoms with Crippen LogP contribution < -0.4 is 25.8 Å². The Morgan fingerprint density at radius 2 is 2.09 bits per heavy atom. The Balaban J connectivity index is 1.68. The fourth-order valence-electron chi connectivity index (χ4n) is 5.40. The Kier molecular flexibility index (Phi) is 6.11. The number of aryl methyl sites for hydroxylation is 1. The molecule has 2 aliphatic rings. The maximum atomic E-state index is 16.4. The van der Waals surface area contributed by atoms with E-state index in [9.17, 15) is 28.0 Å². The number of pyridine rings is 1. The van der Waals surface area contributed by atoms with Crippen LogP contribution in [0.5, 0.6) is 5.75 Å². The number of nitrogens with two attached hydrogens (primary N) is 1. The molecule has 0 radical (unpaired) electrons. The van der Waals surface area contributed by atoms with Gasteiger partial charge in [-0.3, -0.25) is 19.3 Å². The fraction of sp³-hybridized carbons (Fsp3) is 0.400. The molecule has 4 aromatic rings. The van der Waals surface area contributed by atoms with E-state index in [1.165, 1.54) is 33.9 Å². The van der Waals surface area contributed by atoms with Gasteiger partial charge in [0, 0.05) is 41.7 Å². The lowest BCUT2D eigenvalue weighted by Crippen LogP contribution is -2.49. The Bertz CT molecular complexity index is 2220. The topological polar surface area (TPSA) is 168 Å². The van der Waals surface area contributed by atoms with Crippen LogP contribution in [0.15, 0.2) is 23.1 Å². The van der Waals surface area contributed by atoms with Crippen molar-refractivity contribution in [2.75, 3.05) is 23.3 Å². The van der Waals surface area contributed by atoms with Crippen LogP contribution in [0.3, 0.4) is 0 Å². The van der Waals surface area contributed by atoms with Gasteiger partial charge in [-0.05, 0) is 39.7 Å². The van der Waals surface area contributed by atoms with Crippen LogP contribution in [-0.4, -0.2) is 62.1 Å². The van der Waals surface area contributed by atoms with Crippen molar-refractivity contribution in [3.05, 3.63) is 45.7 Å². The van der Waals surface area contributed by atoms with Gasteiger partial charge < -0.3 is 15.2 Å². The highest BCUT2D eigenvalue weighted by atomic mass is 19.4. The molecule has 3 N–H and O–H groups in total. The van der Waals surface area contributed by atoms with E-state index in [0.717, 1.165) is 10.9 Å². The minimum absolute atomic E-state index is 0.0242. The molecule has 1 aliphatic heterocycles. The van der Waals surface area contributed by atoms with Gasteiger partial charge in [0.1, 0.15) is 28.7 Å². The van der Waals surface area contributed by atoms with Crippen molar-refractivity contribution in [2.24, 2.45) is 12.8 Å². The molecule has 6 rings (SSSR count). The number of benzene rings is 1. The number of nitrogens with zero attached hydrogens (tertiary/aromatic N) is 7. The first kappa shape index (κ1) is 26.9. The van der Waals surface area contributed by atoms with E-state index < -0.39 is 88.3 Å². The van der Waals surface area contributed by atoms with Crippen LogP contribution in [0.1, 0.15) is 50.4 Å². The van der Waals surface area contributed by atoms with Crippen LogP contribution in [0.4, 0.5) is 33.9 Å². The number of hydrogen-bond donors (Lipinski definition) is 2. The van der Waals surface area contributed by atoms with E-state index in [4.69, 9.17) is 20.7 Å². The molecule has 1 aliphatic carbocycles. The first-order valence-electron chi connectivity index (χ1n) is 16.1. The van der Waals surface area contributed by atoms with Crippen LogP contribution in [0.25, 0.3) is 33.3 Å². The van der Waals surface area contributed by atoms with Crippen molar-refractivity contribution in [3.63, 3.8) is 0 Å². The zero-order chi connectivity index (χ0) is 37.6. The summed E-state index contributed by atoms with van der Waals surface area (Å²) in [5, 5.41) is 20.1. The summed E-state index contributed by atoms with van der Waals surface area (Å²) in [5.41, 5.74) is -0.473. The average Bonchev–Trinajstić information content (AvgIpc) is 3.64. The molecular formula is C30H29F4N9O4. The third-order valence-corrected chi connectivity index (χ3v) is 7.66. The molecule has 1 aromatic carbocycles. The highest BCUT2D eigenvalue weighted by Crippen LogP contribution is 2.54. The SMILES string of the molecule is [2H]c1c(F)c(-c2c(-c3cc4c(CN)n[nH]c(=O)c4c(N(C(=O)OC(C)(C)C)C([2H])([2H])[2H])n3)cnn2C)c(C#N)c2c1N(C(F)(F)F)CC1(CC1)O2. The Hall–Kier alpha value is -5.24. The Morgan fingerprint density at radius 1 is 1.36 bits per heavy atom. The lowest BCUT2D eigenvalue weighted by atomic mass is 9.96. The number of alkyl halides is 3. The molecule has 3 aromatic heterocycles. The number of rotatable bonds is 4. The van der Waals surface area contributed by atoms with Crippen LogP contribution in [0.2, 0.25) is 0 Å². The number of halogens is 4. The minimum Gasteiger partial charge on any atom is -0.482 e. The number of nitrogens with one attached hydrogen (secondary N) is 1. The van der Waals surface area contributed by atoms with Crippen LogP contribution in [0, 0.1) is 17.1 Å². The highest BCUT2D eigenvalue weighted by Gasteiger charge is 2.56. The van der Waals surface area contributed by atoms with Crippen LogP contribution in [-0.2, 0) is 18.3 Å². The monoisotopic (exact) mass is 659 g/mol. The van der Waals surface area contributed by atoms with Crippen molar-refractivity contribution in [1.82, 2.24) is 25.0 Å². The normalized spacial score (nSPS) is 16.8. The predicted octanol–water partition coefficient (Wildman–Crippen LogP) is 4.48. The van der Waals surface area contributed by atoms with Gasteiger partial charge in [0.2, 0.25) is 0 Å². The number of amides is 1. The number of ether oxygens (including phenoxy) is 2. The molecule has 1 amide bonds. The first-order chi connectivity index (χ1) is 23.6. The summed E-state index contributed by atoms with van der Waals surface area (Å²) in [5.74, 6) is -2.88. The largest absolute Gasteiger partial charge is 0.485 e. The van der Waals surface area contributed by atoms with E-state index in [-0.39, 0.29) is 57.2 Å². The van der Waals surface area contributed by atoms with E-state index in [1.807, 2.05) is 0 Å². The maximum Gasteiger partial charge on any atom is 0.485 e. The molecular weight excluding hydrogens is 626 g/mol. The lowest BCUT2D eigenvalue weighted by molar-refractivity contribution is -0.135. The summed E-state index contributed by atoms with van der Waals surface area (Å²) < 4.78 is 105. The third kappa shape index (κ3) is 5.37. The second kappa shape index (κ2) is 10.7. The summed E-state index contributed by atoms with van der Waals surface area (Å²) in [6.07, 6.45) is -4.86. The fourth-order valence-corrected chi connectivity index (χ4v) is 5.40. The van der Waals surface area contributed by atoms with Crippen molar-refractivity contribution in [3.8, 4) is 34.3 Å². The highest BCUT2D eigenvalue weighted by molar-refractivity contribution is 6.02. The smallest absolute Gasteiger partial charge is 0.482 e. The maximum absolute atomic E-state index is 16.4. The summed E-state index contributed by atoms with van der Waals surface area (Å²) in [6, 6.07) is 1.79. The van der Waals surface area contributed by atoms with E-state index in [1.54, 1.807) is 6.07 Å². The van der Waals surface area contributed by atoms with Crippen molar-refractivity contribution in [1.29, 1.82) is 5.26 Å². The molecule has 246 valence electrons. The van der Waals surface area contributed by atoms with E-state index >= 15 is 4.39 Å². The number of aromatic amines is 1. The van der Waals surface area contributed by atoms with Crippen molar-refractivity contribution < 1.29 is 37.3 Å². The molecule has 4 heterocycles.